The van der Waals surface area contributed by atoms with E-state index in [0.29, 0.717) is 0 Å². The quantitative estimate of drug-likeness (QED) is 0.826. The third-order valence-electron chi connectivity index (χ3n) is 3.92. The zero-order chi connectivity index (χ0) is 13.5. The standard InChI is InChI=1S/C15H17N5/c1-18-10-17-15-13(18)14-16-7-8-19(14)11-20(15)9-12-5-3-2-4-6-12/h2-6,10H,7-9,11H2,1H3. The first-order valence-electron chi connectivity index (χ1n) is 6.93. The summed E-state index contributed by atoms with van der Waals surface area (Å²) in [6.45, 7) is 3.65. The molecule has 4 rings (SSSR count). The third-order valence-corrected chi connectivity index (χ3v) is 3.92. The summed E-state index contributed by atoms with van der Waals surface area (Å²) >= 11 is 0. The Bertz CT molecular complexity index is 658. The maximum Gasteiger partial charge on any atom is 0.159 e. The summed E-state index contributed by atoms with van der Waals surface area (Å²) in [4.78, 5) is 13.9. The van der Waals surface area contributed by atoms with E-state index in [-0.39, 0.29) is 0 Å². The number of aryl methyl sites for hydroxylation is 1. The van der Waals surface area contributed by atoms with Crippen molar-refractivity contribution in [1.82, 2.24) is 14.5 Å². The van der Waals surface area contributed by atoms with E-state index >= 15 is 0 Å². The van der Waals surface area contributed by atoms with Crippen molar-refractivity contribution < 1.29 is 0 Å². The fourth-order valence-electron chi connectivity index (χ4n) is 2.95. The largest absolute Gasteiger partial charge is 0.335 e. The summed E-state index contributed by atoms with van der Waals surface area (Å²) in [6.07, 6.45) is 1.88. The molecule has 102 valence electrons. The number of aromatic nitrogens is 2. The van der Waals surface area contributed by atoms with Crippen molar-refractivity contribution in [2.75, 3.05) is 24.7 Å². The van der Waals surface area contributed by atoms with Gasteiger partial charge < -0.3 is 14.4 Å². The van der Waals surface area contributed by atoms with E-state index < -0.39 is 0 Å². The lowest BCUT2D eigenvalue weighted by molar-refractivity contribution is 0.433. The summed E-state index contributed by atoms with van der Waals surface area (Å²) < 4.78 is 2.07. The van der Waals surface area contributed by atoms with Crippen LogP contribution in [0.2, 0.25) is 0 Å². The molecule has 0 fully saturated rings. The summed E-state index contributed by atoms with van der Waals surface area (Å²) in [5.41, 5.74) is 2.45. The first-order chi connectivity index (χ1) is 9.83. The maximum absolute atomic E-state index is 4.63. The van der Waals surface area contributed by atoms with Gasteiger partial charge in [-0.25, -0.2) is 4.98 Å². The number of anilines is 1. The van der Waals surface area contributed by atoms with E-state index in [2.05, 4.69) is 54.7 Å². The predicted molar refractivity (Wildman–Crippen MR) is 78.8 cm³/mol. The van der Waals surface area contributed by atoms with Crippen molar-refractivity contribution in [3.05, 3.63) is 47.9 Å². The maximum atomic E-state index is 4.63. The van der Waals surface area contributed by atoms with Crippen molar-refractivity contribution >= 4 is 11.7 Å². The minimum Gasteiger partial charge on any atom is -0.335 e. The van der Waals surface area contributed by atoms with Crippen LogP contribution in [0, 0.1) is 0 Å². The van der Waals surface area contributed by atoms with Gasteiger partial charge in [-0.15, -0.1) is 0 Å². The zero-order valence-electron chi connectivity index (χ0n) is 11.5. The normalized spacial score (nSPS) is 16.9. The van der Waals surface area contributed by atoms with Crippen molar-refractivity contribution in [1.29, 1.82) is 0 Å². The summed E-state index contributed by atoms with van der Waals surface area (Å²) in [5.74, 6) is 2.15. The van der Waals surface area contributed by atoms with Gasteiger partial charge in [-0.3, -0.25) is 4.99 Å². The molecule has 5 nitrogen and oxygen atoms in total. The van der Waals surface area contributed by atoms with Crippen molar-refractivity contribution in [2.24, 2.45) is 12.0 Å². The minimum absolute atomic E-state index is 0.873. The van der Waals surface area contributed by atoms with E-state index in [1.54, 1.807) is 0 Å². The van der Waals surface area contributed by atoms with Gasteiger partial charge in [-0.05, 0) is 5.56 Å². The smallest absolute Gasteiger partial charge is 0.159 e. The molecule has 3 heterocycles. The molecule has 2 aromatic rings. The molecule has 0 spiro atoms. The molecule has 0 bridgehead atoms. The molecule has 1 aromatic carbocycles. The molecule has 0 atom stereocenters. The van der Waals surface area contributed by atoms with E-state index in [0.717, 1.165) is 43.7 Å². The molecule has 2 aliphatic heterocycles. The molecule has 0 amide bonds. The van der Waals surface area contributed by atoms with E-state index in [9.17, 15) is 0 Å². The SMILES string of the molecule is Cn1cnc2c1C1=NCCN1CN2Cc1ccccc1. The van der Waals surface area contributed by atoms with Crippen LogP contribution in [0.4, 0.5) is 5.82 Å². The number of nitrogens with zero attached hydrogens (tertiary/aromatic N) is 5. The van der Waals surface area contributed by atoms with Crippen LogP contribution in [-0.2, 0) is 13.6 Å². The Kier molecular flexibility index (Phi) is 2.52. The van der Waals surface area contributed by atoms with Crippen LogP contribution in [-0.4, -0.2) is 40.0 Å². The molecule has 1 aromatic heterocycles. The summed E-state index contributed by atoms with van der Waals surface area (Å²) in [5, 5.41) is 0. The molecular formula is C15H17N5. The number of rotatable bonds is 2. The van der Waals surface area contributed by atoms with Crippen LogP contribution in [0.5, 0.6) is 0 Å². The number of hydrogen-bond donors (Lipinski definition) is 0. The van der Waals surface area contributed by atoms with Crippen LogP contribution in [0.3, 0.4) is 0 Å². The number of aliphatic imine (C=N–C) groups is 1. The van der Waals surface area contributed by atoms with Gasteiger partial charge in [-0.2, -0.15) is 0 Å². The lowest BCUT2D eigenvalue weighted by Gasteiger charge is -2.35. The summed E-state index contributed by atoms with van der Waals surface area (Å²) in [6, 6.07) is 10.5. The molecule has 2 aliphatic rings. The molecule has 0 aliphatic carbocycles. The topological polar surface area (TPSA) is 36.7 Å². The first-order valence-corrected chi connectivity index (χ1v) is 6.93. The van der Waals surface area contributed by atoms with Crippen LogP contribution in [0.25, 0.3) is 0 Å². The Morgan fingerprint density at radius 3 is 2.90 bits per heavy atom. The van der Waals surface area contributed by atoms with Crippen molar-refractivity contribution in [3.63, 3.8) is 0 Å². The molecule has 0 saturated heterocycles. The third kappa shape index (κ3) is 1.70. The van der Waals surface area contributed by atoms with Crippen LogP contribution in [0.15, 0.2) is 41.7 Å². The van der Waals surface area contributed by atoms with E-state index in [1.807, 2.05) is 13.4 Å². The number of benzene rings is 1. The van der Waals surface area contributed by atoms with Crippen molar-refractivity contribution in [3.8, 4) is 0 Å². The highest BCUT2D eigenvalue weighted by Crippen LogP contribution is 2.28. The Balaban J connectivity index is 1.72. The average Bonchev–Trinajstić information content (AvgIpc) is 3.06. The van der Waals surface area contributed by atoms with Gasteiger partial charge in [0.25, 0.3) is 0 Å². The predicted octanol–water partition coefficient (Wildman–Crippen LogP) is 1.46. The number of hydrogen-bond acceptors (Lipinski definition) is 4. The highest BCUT2D eigenvalue weighted by molar-refractivity contribution is 6.03. The van der Waals surface area contributed by atoms with E-state index in [4.69, 9.17) is 0 Å². The lowest BCUT2D eigenvalue weighted by Crippen LogP contribution is -2.45. The van der Waals surface area contributed by atoms with Gasteiger partial charge in [-0.1, -0.05) is 30.3 Å². The Morgan fingerprint density at radius 2 is 2.05 bits per heavy atom. The van der Waals surface area contributed by atoms with Gasteiger partial charge in [0, 0.05) is 20.1 Å². The zero-order valence-corrected chi connectivity index (χ0v) is 11.5. The highest BCUT2D eigenvalue weighted by Gasteiger charge is 2.33. The molecule has 5 heteroatoms. The highest BCUT2D eigenvalue weighted by atomic mass is 15.4. The van der Waals surface area contributed by atoms with Crippen LogP contribution >= 0.6 is 0 Å². The monoisotopic (exact) mass is 267 g/mol. The van der Waals surface area contributed by atoms with Gasteiger partial charge in [0.05, 0.1) is 19.5 Å². The van der Waals surface area contributed by atoms with Gasteiger partial charge in [0.15, 0.2) is 11.7 Å². The molecule has 0 radical (unpaired) electrons. The second kappa shape index (κ2) is 4.37. The second-order valence-corrected chi connectivity index (χ2v) is 5.32. The Morgan fingerprint density at radius 1 is 1.20 bits per heavy atom. The minimum atomic E-state index is 0.873. The number of imidazole rings is 1. The molecular weight excluding hydrogens is 250 g/mol. The van der Waals surface area contributed by atoms with Gasteiger partial charge in [0.2, 0.25) is 0 Å². The Hall–Kier alpha value is -2.30. The lowest BCUT2D eigenvalue weighted by atomic mass is 10.2. The molecule has 0 saturated carbocycles. The fourth-order valence-corrected chi connectivity index (χ4v) is 2.95. The average molecular weight is 267 g/mol. The fraction of sp³-hybridized carbons (Fsp3) is 0.333. The number of amidine groups is 1. The number of fused-ring (bicyclic) bond motifs is 3. The van der Waals surface area contributed by atoms with Crippen LogP contribution in [0.1, 0.15) is 11.3 Å². The second-order valence-electron chi connectivity index (χ2n) is 5.32. The molecule has 20 heavy (non-hydrogen) atoms. The van der Waals surface area contributed by atoms with E-state index in [1.165, 1.54) is 5.56 Å². The Labute approximate surface area is 118 Å². The van der Waals surface area contributed by atoms with Crippen molar-refractivity contribution in [2.45, 2.75) is 6.54 Å². The molecule has 0 N–H and O–H groups in total. The van der Waals surface area contributed by atoms with Gasteiger partial charge in [0.1, 0.15) is 5.69 Å². The molecule has 0 unspecified atom stereocenters. The van der Waals surface area contributed by atoms with Gasteiger partial charge >= 0.3 is 0 Å². The summed E-state index contributed by atoms with van der Waals surface area (Å²) in [7, 11) is 2.04. The first kappa shape index (κ1) is 11.5. The van der Waals surface area contributed by atoms with Crippen LogP contribution < -0.4 is 4.90 Å².